The van der Waals surface area contributed by atoms with Gasteiger partial charge in [-0.15, -0.1) is 0 Å². The van der Waals surface area contributed by atoms with E-state index in [0.29, 0.717) is 11.1 Å². The van der Waals surface area contributed by atoms with Crippen LogP contribution in [-0.4, -0.2) is 85.8 Å². The first-order valence-electron chi connectivity index (χ1n) is 19.6. The Morgan fingerprint density at radius 2 is 1.02 bits per heavy atom. The molecule has 0 bridgehead atoms. The van der Waals surface area contributed by atoms with Gasteiger partial charge in [-0.1, -0.05) is 115 Å². The molecule has 1 heterocycles. The summed E-state index contributed by atoms with van der Waals surface area (Å²) < 4.78 is 41.2. The highest BCUT2D eigenvalue weighted by Gasteiger charge is 2.52. The fourth-order valence-corrected chi connectivity index (χ4v) is 6.29. The van der Waals surface area contributed by atoms with E-state index in [4.69, 9.17) is 33.2 Å². The molecule has 2 amide bonds. The van der Waals surface area contributed by atoms with Gasteiger partial charge in [0.25, 0.3) is 0 Å². The van der Waals surface area contributed by atoms with Crippen LogP contribution in [-0.2, 0) is 56.0 Å². The van der Waals surface area contributed by atoms with Crippen LogP contribution in [0.4, 0.5) is 4.79 Å². The molecule has 6 rings (SSSR count). The second-order valence-electron chi connectivity index (χ2n) is 13.9. The van der Waals surface area contributed by atoms with Gasteiger partial charge in [0.05, 0.1) is 23.3 Å². The van der Waals surface area contributed by atoms with Crippen molar-refractivity contribution in [1.29, 1.82) is 0 Å². The van der Waals surface area contributed by atoms with Gasteiger partial charge in [0, 0.05) is 6.92 Å². The summed E-state index contributed by atoms with van der Waals surface area (Å²) in [5.74, 6) is -4.00. The lowest BCUT2D eigenvalue weighted by atomic mass is 9.95. The molecule has 0 radical (unpaired) electrons. The predicted octanol–water partition coefficient (Wildman–Crippen LogP) is 5.58. The lowest BCUT2D eigenvalue weighted by Gasteiger charge is -2.45. The molecule has 0 saturated carbocycles. The van der Waals surface area contributed by atoms with Crippen molar-refractivity contribution < 1.29 is 61.9 Å². The topological polar surface area (TPSA) is 191 Å². The molecule has 0 unspecified atom stereocenters. The molecule has 15 nitrogen and oxygen atoms in total. The van der Waals surface area contributed by atoms with Crippen molar-refractivity contribution in [2.45, 2.75) is 56.8 Å². The minimum Gasteiger partial charge on any atom is -0.459 e. The van der Waals surface area contributed by atoms with Crippen LogP contribution >= 0.6 is 0 Å². The van der Waals surface area contributed by atoms with E-state index in [1.165, 1.54) is 43.3 Å². The average Bonchev–Trinajstić information content (AvgIpc) is 3.31. The maximum absolute atomic E-state index is 13.8. The molecule has 5 aromatic carbocycles. The molecule has 62 heavy (non-hydrogen) atoms. The second-order valence-corrected chi connectivity index (χ2v) is 13.9. The Balaban J connectivity index is 1.31. The van der Waals surface area contributed by atoms with Gasteiger partial charge in [-0.2, -0.15) is 0 Å². The molecule has 2 N–H and O–H groups in total. The number of benzene rings is 5. The zero-order chi connectivity index (χ0) is 43.7. The lowest BCUT2D eigenvalue weighted by molar-refractivity contribution is -0.270. The summed E-state index contributed by atoms with van der Waals surface area (Å²) in [4.78, 5) is 80.3. The lowest BCUT2D eigenvalue weighted by Crippen LogP contribution is -2.67. The first-order valence-corrected chi connectivity index (χ1v) is 19.6. The molecule has 6 atom stereocenters. The summed E-state index contributed by atoms with van der Waals surface area (Å²) >= 11 is 0. The second kappa shape index (κ2) is 22.3. The molecule has 1 aliphatic rings. The van der Waals surface area contributed by atoms with E-state index in [0.717, 1.165) is 0 Å². The van der Waals surface area contributed by atoms with Crippen LogP contribution in [0.5, 0.6) is 0 Å². The predicted molar refractivity (Wildman–Crippen MR) is 220 cm³/mol. The standard InChI is InChI=1S/C47H44N2O13/c1-31(50)48-39-41(62-44(53)36-25-15-6-16-26-36)40(61-43(52)35-23-13-5-14-24-35)38(30-57-42(51)34-21-11-4-12-22-34)60-46(39)58-29-37(45(54)56-27-32-17-7-2-8-18-32)49-47(55)59-28-33-19-9-3-10-20-33/h2-26,37-41,46H,27-30H2,1H3,(H,48,50)(H,49,55)/t37-,38+,39+,40+,41+,46+/m0/s1. The van der Waals surface area contributed by atoms with Crippen LogP contribution in [0, 0.1) is 0 Å². The van der Waals surface area contributed by atoms with Gasteiger partial charge in [0.15, 0.2) is 24.5 Å². The minimum absolute atomic E-state index is 0.114. The number of rotatable bonds is 17. The largest absolute Gasteiger partial charge is 0.459 e. The Bertz CT molecular complexity index is 2250. The van der Waals surface area contributed by atoms with Crippen LogP contribution in [0.2, 0.25) is 0 Å². The number of hydrogen-bond acceptors (Lipinski definition) is 13. The van der Waals surface area contributed by atoms with Crippen molar-refractivity contribution >= 4 is 35.9 Å². The van der Waals surface area contributed by atoms with Crippen molar-refractivity contribution in [3.05, 3.63) is 179 Å². The molecule has 1 fully saturated rings. The van der Waals surface area contributed by atoms with Gasteiger partial charge in [-0.25, -0.2) is 24.0 Å². The first-order chi connectivity index (χ1) is 30.1. The molecule has 5 aromatic rings. The van der Waals surface area contributed by atoms with Gasteiger partial charge >= 0.3 is 30.0 Å². The summed E-state index contributed by atoms with van der Waals surface area (Å²) in [6.07, 6.45) is -7.09. The van der Waals surface area contributed by atoms with Crippen molar-refractivity contribution in [2.75, 3.05) is 13.2 Å². The monoisotopic (exact) mass is 844 g/mol. The van der Waals surface area contributed by atoms with E-state index in [1.54, 1.807) is 109 Å². The highest BCUT2D eigenvalue weighted by atomic mass is 16.7. The summed E-state index contributed by atoms with van der Waals surface area (Å²) in [6.45, 7) is -0.277. The molecule has 0 spiro atoms. The quantitative estimate of drug-likeness (QED) is 0.0873. The van der Waals surface area contributed by atoms with Crippen molar-refractivity contribution in [3.8, 4) is 0 Å². The van der Waals surface area contributed by atoms with Crippen molar-refractivity contribution in [1.82, 2.24) is 10.6 Å². The average molecular weight is 845 g/mol. The third-order valence-corrected chi connectivity index (χ3v) is 9.35. The van der Waals surface area contributed by atoms with Crippen LogP contribution in [0.3, 0.4) is 0 Å². The maximum atomic E-state index is 13.8. The van der Waals surface area contributed by atoms with Crippen LogP contribution < -0.4 is 10.6 Å². The number of alkyl carbamates (subject to hydrolysis) is 1. The number of hydrogen-bond donors (Lipinski definition) is 2. The number of amides is 2. The molecule has 1 saturated heterocycles. The number of carbonyl (C=O) groups is 6. The molecular weight excluding hydrogens is 801 g/mol. The van der Waals surface area contributed by atoms with Crippen LogP contribution in [0.25, 0.3) is 0 Å². The van der Waals surface area contributed by atoms with E-state index in [1.807, 2.05) is 6.07 Å². The van der Waals surface area contributed by atoms with E-state index in [-0.39, 0.29) is 29.9 Å². The highest BCUT2D eigenvalue weighted by molar-refractivity contribution is 5.91. The molecule has 320 valence electrons. The van der Waals surface area contributed by atoms with Crippen molar-refractivity contribution in [2.24, 2.45) is 0 Å². The molecule has 0 aliphatic carbocycles. The Morgan fingerprint density at radius 3 is 1.52 bits per heavy atom. The Morgan fingerprint density at radius 1 is 0.565 bits per heavy atom. The molecular formula is C47H44N2O13. The third-order valence-electron chi connectivity index (χ3n) is 9.35. The van der Waals surface area contributed by atoms with E-state index < -0.39 is 85.8 Å². The number of ether oxygens (including phenoxy) is 7. The number of carbonyl (C=O) groups excluding carboxylic acids is 6. The van der Waals surface area contributed by atoms with Gasteiger partial charge in [0.1, 0.15) is 32.0 Å². The zero-order valence-electron chi connectivity index (χ0n) is 33.5. The summed E-state index contributed by atoms with van der Waals surface area (Å²) in [7, 11) is 0. The molecule has 15 heteroatoms. The van der Waals surface area contributed by atoms with Gasteiger partial charge in [0.2, 0.25) is 5.91 Å². The third kappa shape index (κ3) is 12.8. The van der Waals surface area contributed by atoms with Gasteiger partial charge in [-0.3, -0.25) is 4.79 Å². The number of nitrogens with one attached hydrogen (secondary N) is 2. The fourth-order valence-electron chi connectivity index (χ4n) is 6.29. The Labute approximate surface area is 357 Å². The van der Waals surface area contributed by atoms with Crippen LogP contribution in [0.1, 0.15) is 49.1 Å². The zero-order valence-corrected chi connectivity index (χ0v) is 33.5. The van der Waals surface area contributed by atoms with Crippen molar-refractivity contribution in [3.63, 3.8) is 0 Å². The van der Waals surface area contributed by atoms with E-state index in [2.05, 4.69) is 10.6 Å². The Hall–Kier alpha value is -7.36. The molecule has 0 aromatic heterocycles. The highest BCUT2D eigenvalue weighted by Crippen LogP contribution is 2.30. The minimum atomic E-state index is -1.61. The van der Waals surface area contributed by atoms with Crippen LogP contribution in [0.15, 0.2) is 152 Å². The fraction of sp³-hybridized carbons (Fsp3) is 0.234. The van der Waals surface area contributed by atoms with Gasteiger partial charge < -0.3 is 43.8 Å². The smallest absolute Gasteiger partial charge is 0.408 e. The molecule has 1 aliphatic heterocycles. The normalized spacial score (nSPS) is 18.5. The summed E-state index contributed by atoms with van der Waals surface area (Å²) in [5, 5.41) is 5.16. The SMILES string of the molecule is CC(=O)N[C@H]1[C@H](OC[C@H](NC(=O)OCc2ccccc2)C(=O)OCc2ccccc2)O[C@H](COC(=O)c2ccccc2)[C@@H](OC(=O)c2ccccc2)[C@@H]1OC(=O)c1ccccc1. The number of esters is 4. The maximum Gasteiger partial charge on any atom is 0.408 e. The summed E-state index contributed by atoms with van der Waals surface area (Å²) in [5.41, 5.74) is 1.82. The van der Waals surface area contributed by atoms with E-state index >= 15 is 0 Å². The van der Waals surface area contributed by atoms with E-state index in [9.17, 15) is 28.8 Å². The first kappa shape index (κ1) is 44.2. The summed E-state index contributed by atoms with van der Waals surface area (Å²) in [6, 6.07) is 38.7. The van der Waals surface area contributed by atoms with Gasteiger partial charge in [-0.05, 0) is 47.5 Å². The Kier molecular flexibility index (Phi) is 15.9.